The fraction of sp³-hybridized carbons (Fsp3) is 0.643. The largest absolute Gasteiger partial charge is 0.480 e. The molecule has 1 aliphatic rings. The minimum atomic E-state index is 0.615. The van der Waals surface area contributed by atoms with Crippen molar-refractivity contribution >= 4 is 16.3 Å². The molecule has 1 N–H and O–H groups in total. The van der Waals surface area contributed by atoms with Crippen molar-refractivity contribution in [3.05, 3.63) is 17.3 Å². The van der Waals surface area contributed by atoms with E-state index in [0.717, 1.165) is 34.9 Å². The van der Waals surface area contributed by atoms with Gasteiger partial charge in [0, 0.05) is 24.2 Å². The van der Waals surface area contributed by atoms with E-state index in [-0.39, 0.29) is 0 Å². The van der Waals surface area contributed by atoms with Crippen LogP contribution in [0, 0.1) is 11.8 Å². The predicted molar refractivity (Wildman–Crippen MR) is 77.8 cm³/mol. The second-order valence-electron chi connectivity index (χ2n) is 5.52. The molecule has 3 rings (SSSR count). The van der Waals surface area contributed by atoms with Crippen molar-refractivity contribution in [1.29, 1.82) is 0 Å². The monoisotopic (exact) mass is 279 g/mol. The van der Waals surface area contributed by atoms with E-state index >= 15 is 0 Å². The lowest BCUT2D eigenvalue weighted by Gasteiger charge is -2.19. The molecular weight excluding hydrogens is 258 g/mol. The van der Waals surface area contributed by atoms with Gasteiger partial charge in [0.25, 0.3) is 0 Å². The van der Waals surface area contributed by atoms with E-state index in [9.17, 15) is 0 Å². The molecule has 5 heteroatoms. The molecule has 104 valence electrons. The van der Waals surface area contributed by atoms with Gasteiger partial charge in [-0.2, -0.15) is 4.98 Å². The van der Waals surface area contributed by atoms with Crippen LogP contribution in [0.4, 0.5) is 0 Å². The highest BCUT2D eigenvalue weighted by Crippen LogP contribution is 2.31. The van der Waals surface area contributed by atoms with Gasteiger partial charge in [-0.15, -0.1) is 11.3 Å². The molecule has 2 aromatic rings. The molecule has 0 aromatic carbocycles. The van der Waals surface area contributed by atoms with Crippen LogP contribution in [0.3, 0.4) is 0 Å². The number of fused-ring (bicyclic) bond motifs is 1. The molecule has 19 heavy (non-hydrogen) atoms. The Kier molecular flexibility index (Phi) is 3.50. The van der Waals surface area contributed by atoms with E-state index in [1.54, 1.807) is 18.4 Å². The van der Waals surface area contributed by atoms with Crippen molar-refractivity contribution in [3.63, 3.8) is 0 Å². The average molecular weight is 279 g/mol. The first-order valence-electron chi connectivity index (χ1n) is 6.92. The maximum Gasteiger partial charge on any atom is 0.237 e. The fourth-order valence-corrected chi connectivity index (χ4v) is 3.74. The molecule has 3 atom stereocenters. The quantitative estimate of drug-likeness (QED) is 0.935. The van der Waals surface area contributed by atoms with Crippen LogP contribution in [0.1, 0.15) is 32.4 Å². The summed E-state index contributed by atoms with van der Waals surface area (Å²) in [4.78, 5) is 5.49. The van der Waals surface area contributed by atoms with Crippen LogP contribution in [0.15, 0.2) is 11.6 Å². The highest BCUT2D eigenvalue weighted by Gasteiger charge is 2.29. The van der Waals surface area contributed by atoms with E-state index in [1.165, 1.54) is 12.8 Å². The molecule has 0 saturated heterocycles. The molecule has 2 aromatic heterocycles. The number of rotatable bonds is 4. The van der Waals surface area contributed by atoms with Crippen LogP contribution in [-0.2, 0) is 6.54 Å². The lowest BCUT2D eigenvalue weighted by Crippen LogP contribution is -2.32. The predicted octanol–water partition coefficient (Wildman–Crippen LogP) is 2.93. The highest BCUT2D eigenvalue weighted by atomic mass is 32.1. The molecule has 1 aliphatic carbocycles. The second-order valence-corrected chi connectivity index (χ2v) is 6.40. The second kappa shape index (κ2) is 5.13. The van der Waals surface area contributed by atoms with Crippen molar-refractivity contribution in [2.45, 2.75) is 39.3 Å². The van der Waals surface area contributed by atoms with Gasteiger partial charge in [-0.1, -0.05) is 13.8 Å². The average Bonchev–Trinajstić information content (AvgIpc) is 3.05. The number of imidazole rings is 1. The van der Waals surface area contributed by atoms with Gasteiger partial charge < -0.3 is 10.1 Å². The molecule has 0 amide bonds. The summed E-state index contributed by atoms with van der Waals surface area (Å²) in [6.07, 6.45) is 4.67. The number of nitrogens with zero attached hydrogens (tertiary/aromatic N) is 2. The molecule has 3 unspecified atom stereocenters. The standard InChI is InChI=1S/C14H21N3OS/c1-9-4-5-11(10(9)2)15-8-12-13(18-3)16-14-17(12)6-7-19-14/h6-7,9-11,15H,4-5,8H2,1-3H3. The first-order chi connectivity index (χ1) is 9.20. The number of hydrogen-bond acceptors (Lipinski definition) is 4. The van der Waals surface area contributed by atoms with E-state index in [1.807, 2.05) is 0 Å². The summed E-state index contributed by atoms with van der Waals surface area (Å²) in [6.45, 7) is 5.52. The summed E-state index contributed by atoms with van der Waals surface area (Å²) in [5, 5.41) is 5.75. The number of methoxy groups -OCH3 is 1. The molecule has 0 bridgehead atoms. The summed E-state index contributed by atoms with van der Waals surface area (Å²) in [7, 11) is 1.69. The first-order valence-corrected chi connectivity index (χ1v) is 7.80. The number of hydrogen-bond donors (Lipinski definition) is 1. The van der Waals surface area contributed by atoms with E-state index in [0.29, 0.717) is 6.04 Å². The Labute approximate surface area is 117 Å². The minimum absolute atomic E-state index is 0.615. The van der Waals surface area contributed by atoms with Crippen molar-refractivity contribution in [2.75, 3.05) is 7.11 Å². The maximum absolute atomic E-state index is 5.39. The van der Waals surface area contributed by atoms with Crippen LogP contribution in [0.2, 0.25) is 0 Å². The third kappa shape index (κ3) is 2.25. The Morgan fingerprint density at radius 2 is 2.32 bits per heavy atom. The molecular formula is C14H21N3OS. The van der Waals surface area contributed by atoms with Gasteiger partial charge in [-0.3, -0.25) is 4.40 Å². The fourth-order valence-electron chi connectivity index (χ4n) is 3.02. The summed E-state index contributed by atoms with van der Waals surface area (Å²) in [6, 6.07) is 0.615. The summed E-state index contributed by atoms with van der Waals surface area (Å²) in [5.41, 5.74) is 1.13. The lowest BCUT2D eigenvalue weighted by molar-refractivity contribution is 0.359. The van der Waals surface area contributed by atoms with Crippen LogP contribution < -0.4 is 10.1 Å². The minimum Gasteiger partial charge on any atom is -0.480 e. The van der Waals surface area contributed by atoms with Gasteiger partial charge in [-0.05, 0) is 24.7 Å². The lowest BCUT2D eigenvalue weighted by atomic mass is 9.98. The molecule has 1 fully saturated rings. The van der Waals surface area contributed by atoms with Gasteiger partial charge in [-0.25, -0.2) is 0 Å². The topological polar surface area (TPSA) is 38.6 Å². The van der Waals surface area contributed by atoms with Crippen molar-refractivity contribution in [3.8, 4) is 5.88 Å². The number of nitrogens with one attached hydrogen (secondary N) is 1. The smallest absolute Gasteiger partial charge is 0.237 e. The van der Waals surface area contributed by atoms with Gasteiger partial charge in [0.2, 0.25) is 5.88 Å². The zero-order valence-electron chi connectivity index (χ0n) is 11.7. The number of aromatic nitrogens is 2. The summed E-state index contributed by atoms with van der Waals surface area (Å²) in [5.74, 6) is 2.32. The van der Waals surface area contributed by atoms with Crippen LogP contribution >= 0.6 is 11.3 Å². The van der Waals surface area contributed by atoms with Crippen molar-refractivity contribution < 1.29 is 4.74 Å². The molecule has 0 aliphatic heterocycles. The SMILES string of the molecule is COc1nc2sccn2c1CNC1CCC(C)C1C. The zero-order chi connectivity index (χ0) is 13.4. The summed E-state index contributed by atoms with van der Waals surface area (Å²) < 4.78 is 7.51. The Morgan fingerprint density at radius 1 is 1.47 bits per heavy atom. The van der Waals surface area contributed by atoms with Crippen molar-refractivity contribution in [2.24, 2.45) is 11.8 Å². The third-order valence-electron chi connectivity index (χ3n) is 4.51. The Hall–Kier alpha value is -1.07. The molecule has 2 heterocycles. The van der Waals surface area contributed by atoms with Crippen LogP contribution in [0.25, 0.3) is 4.96 Å². The van der Waals surface area contributed by atoms with Crippen LogP contribution in [0.5, 0.6) is 5.88 Å². The van der Waals surface area contributed by atoms with E-state index < -0.39 is 0 Å². The summed E-state index contributed by atoms with van der Waals surface area (Å²) >= 11 is 1.64. The van der Waals surface area contributed by atoms with Gasteiger partial charge in [0.15, 0.2) is 4.96 Å². The highest BCUT2D eigenvalue weighted by molar-refractivity contribution is 7.15. The normalized spacial score (nSPS) is 27.2. The number of thiazole rings is 1. The van der Waals surface area contributed by atoms with Gasteiger partial charge >= 0.3 is 0 Å². The number of ether oxygens (including phenoxy) is 1. The van der Waals surface area contributed by atoms with Crippen LogP contribution in [-0.4, -0.2) is 22.5 Å². The van der Waals surface area contributed by atoms with Gasteiger partial charge in [0.1, 0.15) is 5.69 Å². The molecule has 4 nitrogen and oxygen atoms in total. The van der Waals surface area contributed by atoms with E-state index in [2.05, 4.69) is 40.1 Å². The zero-order valence-corrected chi connectivity index (χ0v) is 12.5. The Balaban J connectivity index is 1.76. The molecule has 0 spiro atoms. The Morgan fingerprint density at radius 3 is 3.00 bits per heavy atom. The first kappa shape index (κ1) is 12.9. The maximum atomic E-state index is 5.39. The van der Waals surface area contributed by atoms with E-state index in [4.69, 9.17) is 4.74 Å². The third-order valence-corrected chi connectivity index (χ3v) is 5.27. The van der Waals surface area contributed by atoms with Gasteiger partial charge in [0.05, 0.1) is 7.11 Å². The molecule has 0 radical (unpaired) electrons. The Bertz CT molecular complexity index is 562. The molecule has 1 saturated carbocycles. The van der Waals surface area contributed by atoms with Crippen molar-refractivity contribution in [1.82, 2.24) is 14.7 Å².